The van der Waals surface area contributed by atoms with E-state index < -0.39 is 0 Å². The Morgan fingerprint density at radius 3 is 2.26 bits per heavy atom. The van der Waals surface area contributed by atoms with Crippen LogP contribution in [-0.2, 0) is 0 Å². The van der Waals surface area contributed by atoms with Crippen LogP contribution in [0.5, 0.6) is 11.5 Å². The number of hydrogen-bond acceptors (Lipinski definition) is 4. The lowest BCUT2D eigenvalue weighted by molar-refractivity contribution is 0.0633. The maximum absolute atomic E-state index is 12.7. The molecule has 6 heteroatoms. The normalized spacial score (nSPS) is 14.0. The summed E-state index contributed by atoms with van der Waals surface area (Å²) in [6, 6.07) is 14.5. The predicted octanol–water partition coefficient (Wildman–Crippen LogP) is 3.35. The number of carbonyl (C=O) groups is 2. The van der Waals surface area contributed by atoms with Gasteiger partial charge in [-0.15, -0.1) is 0 Å². The van der Waals surface area contributed by atoms with E-state index in [0.29, 0.717) is 44.1 Å². The van der Waals surface area contributed by atoms with Crippen molar-refractivity contribution in [1.82, 2.24) is 9.80 Å². The molecule has 142 valence electrons. The molecule has 1 saturated heterocycles. The summed E-state index contributed by atoms with van der Waals surface area (Å²) >= 11 is 0. The molecule has 2 amide bonds. The van der Waals surface area contributed by atoms with Crippen molar-refractivity contribution in [3.63, 3.8) is 0 Å². The molecule has 6 nitrogen and oxygen atoms in total. The number of aryl methyl sites for hydroxylation is 1. The van der Waals surface area contributed by atoms with Gasteiger partial charge in [0.25, 0.3) is 5.91 Å². The van der Waals surface area contributed by atoms with Gasteiger partial charge in [0.15, 0.2) is 0 Å². The molecule has 1 heterocycles. The van der Waals surface area contributed by atoms with Crippen LogP contribution < -0.4 is 9.47 Å². The van der Waals surface area contributed by atoms with Crippen molar-refractivity contribution in [2.75, 3.05) is 32.8 Å². The van der Waals surface area contributed by atoms with Crippen LogP contribution in [0.15, 0.2) is 48.5 Å². The Kier molecular flexibility index (Phi) is 5.96. The molecular formula is C21H24N2O4. The fraction of sp³-hybridized carbons (Fsp3) is 0.333. The van der Waals surface area contributed by atoms with Gasteiger partial charge >= 0.3 is 6.09 Å². The molecule has 27 heavy (non-hydrogen) atoms. The molecule has 1 fully saturated rings. The summed E-state index contributed by atoms with van der Waals surface area (Å²) in [5.41, 5.74) is 1.57. The Morgan fingerprint density at radius 2 is 1.63 bits per heavy atom. The molecule has 0 aliphatic carbocycles. The van der Waals surface area contributed by atoms with E-state index in [4.69, 9.17) is 9.47 Å². The summed E-state index contributed by atoms with van der Waals surface area (Å²) in [5.74, 6) is 1.28. The van der Waals surface area contributed by atoms with E-state index in [-0.39, 0.29) is 12.0 Å². The van der Waals surface area contributed by atoms with Gasteiger partial charge < -0.3 is 19.3 Å². The third-order valence-electron chi connectivity index (χ3n) is 4.50. The second-order valence-electron chi connectivity index (χ2n) is 6.37. The lowest BCUT2D eigenvalue weighted by Crippen LogP contribution is -2.51. The number of piperazine rings is 1. The van der Waals surface area contributed by atoms with Gasteiger partial charge in [-0.25, -0.2) is 4.79 Å². The van der Waals surface area contributed by atoms with Crippen LogP contribution >= 0.6 is 0 Å². The van der Waals surface area contributed by atoms with Crippen LogP contribution in [0.1, 0.15) is 22.8 Å². The number of amides is 2. The van der Waals surface area contributed by atoms with Gasteiger partial charge in [0, 0.05) is 31.7 Å². The van der Waals surface area contributed by atoms with Crippen molar-refractivity contribution in [3.05, 3.63) is 59.7 Å². The number of nitrogens with zero attached hydrogens (tertiary/aromatic N) is 2. The Bertz CT molecular complexity index is 799. The number of hydrogen-bond donors (Lipinski definition) is 0. The standard InChI is InChI=1S/C21H24N2O4/c1-3-26-19-10-9-17(15-16(19)2)20(24)22-11-13-23(14-12-22)21(25)27-18-7-5-4-6-8-18/h4-10,15H,3,11-14H2,1-2H3. The molecule has 1 aliphatic rings. The van der Waals surface area contributed by atoms with E-state index in [2.05, 4.69) is 0 Å². The van der Waals surface area contributed by atoms with Gasteiger partial charge in [-0.3, -0.25) is 4.79 Å². The molecule has 0 unspecified atom stereocenters. The minimum absolute atomic E-state index is 0.0303. The number of carbonyl (C=O) groups excluding carboxylic acids is 2. The van der Waals surface area contributed by atoms with E-state index in [9.17, 15) is 9.59 Å². The highest BCUT2D eigenvalue weighted by atomic mass is 16.6. The summed E-state index contributed by atoms with van der Waals surface area (Å²) in [6.45, 7) is 6.32. The summed E-state index contributed by atoms with van der Waals surface area (Å²) in [7, 11) is 0. The fourth-order valence-corrected chi connectivity index (χ4v) is 3.03. The van der Waals surface area contributed by atoms with Crippen molar-refractivity contribution in [2.45, 2.75) is 13.8 Å². The largest absolute Gasteiger partial charge is 0.494 e. The second-order valence-corrected chi connectivity index (χ2v) is 6.37. The molecular weight excluding hydrogens is 344 g/mol. The average molecular weight is 368 g/mol. The Labute approximate surface area is 159 Å². The van der Waals surface area contributed by atoms with E-state index in [1.165, 1.54) is 0 Å². The first kappa shape index (κ1) is 18.8. The lowest BCUT2D eigenvalue weighted by Gasteiger charge is -2.34. The molecule has 3 rings (SSSR count). The Morgan fingerprint density at radius 1 is 0.963 bits per heavy atom. The van der Waals surface area contributed by atoms with Crippen molar-refractivity contribution in [3.8, 4) is 11.5 Å². The smallest absolute Gasteiger partial charge is 0.415 e. The topological polar surface area (TPSA) is 59.1 Å². The first-order valence-electron chi connectivity index (χ1n) is 9.13. The van der Waals surface area contributed by atoms with Gasteiger partial charge in [0.1, 0.15) is 11.5 Å². The number of benzene rings is 2. The Hall–Kier alpha value is -3.02. The quantitative estimate of drug-likeness (QED) is 0.830. The van der Waals surface area contributed by atoms with E-state index >= 15 is 0 Å². The van der Waals surface area contributed by atoms with Crippen LogP contribution in [0, 0.1) is 6.92 Å². The van der Waals surface area contributed by atoms with Crippen LogP contribution in [0.25, 0.3) is 0 Å². The first-order chi connectivity index (χ1) is 13.1. The number of para-hydroxylation sites is 1. The van der Waals surface area contributed by atoms with Gasteiger partial charge in [0.05, 0.1) is 6.61 Å². The van der Waals surface area contributed by atoms with Gasteiger partial charge in [-0.1, -0.05) is 18.2 Å². The van der Waals surface area contributed by atoms with Crippen molar-refractivity contribution in [1.29, 1.82) is 0 Å². The number of rotatable bonds is 4. The fourth-order valence-electron chi connectivity index (χ4n) is 3.03. The summed E-state index contributed by atoms with van der Waals surface area (Å²) in [5, 5.41) is 0. The molecule has 2 aromatic rings. The minimum atomic E-state index is -0.384. The molecule has 0 spiro atoms. The molecule has 0 N–H and O–H groups in total. The van der Waals surface area contributed by atoms with Crippen LogP contribution in [0.4, 0.5) is 4.79 Å². The van der Waals surface area contributed by atoms with E-state index in [1.807, 2.05) is 44.2 Å². The molecule has 0 atom stereocenters. The highest BCUT2D eigenvalue weighted by Crippen LogP contribution is 2.20. The minimum Gasteiger partial charge on any atom is -0.494 e. The van der Waals surface area contributed by atoms with Crippen molar-refractivity contribution >= 4 is 12.0 Å². The maximum atomic E-state index is 12.7. The van der Waals surface area contributed by atoms with E-state index in [0.717, 1.165) is 11.3 Å². The lowest BCUT2D eigenvalue weighted by atomic mass is 10.1. The summed E-state index contributed by atoms with van der Waals surface area (Å²) in [6.07, 6.45) is -0.384. The zero-order chi connectivity index (χ0) is 19.2. The molecule has 0 bridgehead atoms. The highest BCUT2D eigenvalue weighted by molar-refractivity contribution is 5.94. The Balaban J connectivity index is 1.56. The summed E-state index contributed by atoms with van der Waals surface area (Å²) in [4.78, 5) is 28.4. The summed E-state index contributed by atoms with van der Waals surface area (Å²) < 4.78 is 10.9. The van der Waals surface area contributed by atoms with Crippen LogP contribution in [-0.4, -0.2) is 54.6 Å². The third-order valence-corrected chi connectivity index (χ3v) is 4.50. The highest BCUT2D eigenvalue weighted by Gasteiger charge is 2.26. The third kappa shape index (κ3) is 4.58. The van der Waals surface area contributed by atoms with Gasteiger partial charge in [-0.05, 0) is 49.7 Å². The van der Waals surface area contributed by atoms with Crippen LogP contribution in [0.2, 0.25) is 0 Å². The zero-order valence-electron chi connectivity index (χ0n) is 15.7. The second kappa shape index (κ2) is 8.58. The molecule has 2 aromatic carbocycles. The molecule has 0 aromatic heterocycles. The molecule has 1 aliphatic heterocycles. The van der Waals surface area contributed by atoms with Crippen LogP contribution in [0.3, 0.4) is 0 Å². The SMILES string of the molecule is CCOc1ccc(C(=O)N2CCN(C(=O)Oc3ccccc3)CC2)cc1C. The van der Waals surface area contributed by atoms with Crippen molar-refractivity contribution < 1.29 is 19.1 Å². The van der Waals surface area contributed by atoms with Gasteiger partial charge in [-0.2, -0.15) is 0 Å². The van der Waals surface area contributed by atoms with Crippen molar-refractivity contribution in [2.24, 2.45) is 0 Å². The zero-order valence-corrected chi connectivity index (χ0v) is 15.7. The average Bonchev–Trinajstić information content (AvgIpc) is 2.70. The molecule has 0 radical (unpaired) electrons. The first-order valence-corrected chi connectivity index (χ1v) is 9.13. The van der Waals surface area contributed by atoms with Gasteiger partial charge in [0.2, 0.25) is 0 Å². The molecule has 0 saturated carbocycles. The monoisotopic (exact) mass is 368 g/mol. The number of ether oxygens (including phenoxy) is 2. The van der Waals surface area contributed by atoms with E-state index in [1.54, 1.807) is 28.0 Å². The maximum Gasteiger partial charge on any atom is 0.415 e. The predicted molar refractivity (Wildman–Crippen MR) is 102 cm³/mol.